The Kier molecular flexibility index (Phi) is 66.8. The van der Waals surface area contributed by atoms with Gasteiger partial charge < -0.3 is 33.8 Å². The number of phosphoric acid groups is 2. The molecule has 19 heteroatoms. The summed E-state index contributed by atoms with van der Waals surface area (Å²) in [4.78, 5) is 72.8. The Labute approximate surface area is 575 Å². The van der Waals surface area contributed by atoms with Gasteiger partial charge in [-0.3, -0.25) is 37.3 Å². The second-order valence-electron chi connectivity index (χ2n) is 27.3. The van der Waals surface area contributed by atoms with Crippen LogP contribution in [0.3, 0.4) is 0 Å². The highest BCUT2D eigenvalue weighted by atomic mass is 31.2. The topological polar surface area (TPSA) is 237 Å². The maximum Gasteiger partial charge on any atom is 0.472 e. The van der Waals surface area contributed by atoms with E-state index in [-0.39, 0.29) is 25.7 Å². The highest BCUT2D eigenvalue weighted by Gasteiger charge is 2.30. The Morgan fingerprint density at radius 2 is 0.511 bits per heavy atom. The lowest BCUT2D eigenvalue weighted by Gasteiger charge is -2.21. The van der Waals surface area contributed by atoms with Crippen LogP contribution in [0.25, 0.3) is 0 Å². The van der Waals surface area contributed by atoms with Gasteiger partial charge in [-0.15, -0.1) is 0 Å². The summed E-state index contributed by atoms with van der Waals surface area (Å²) in [5, 5.41) is 10.6. The molecule has 0 saturated carbocycles. The van der Waals surface area contributed by atoms with Crippen LogP contribution in [0.5, 0.6) is 0 Å². The summed E-state index contributed by atoms with van der Waals surface area (Å²) < 4.78 is 68.5. The third-order valence-electron chi connectivity index (χ3n) is 17.9. The summed E-state index contributed by atoms with van der Waals surface area (Å²) in [5.41, 5.74) is 0. The van der Waals surface area contributed by atoms with Crippen molar-refractivity contribution >= 4 is 39.5 Å². The number of hydrogen-bond acceptors (Lipinski definition) is 15. The summed E-state index contributed by atoms with van der Waals surface area (Å²) in [6.45, 7) is 7.26. The minimum absolute atomic E-state index is 0.107. The number of ether oxygens (including phenoxy) is 4. The second kappa shape index (κ2) is 68.2. The molecule has 0 bridgehead atoms. The third kappa shape index (κ3) is 67.3. The van der Waals surface area contributed by atoms with Crippen LogP contribution in [0.4, 0.5) is 0 Å². The number of unbranched alkanes of at least 4 members (excludes halogenated alkanes) is 46. The number of carbonyl (C=O) groups excluding carboxylic acids is 4. The van der Waals surface area contributed by atoms with Gasteiger partial charge in [-0.1, -0.05) is 343 Å². The molecular formula is C75H146O17P2. The van der Waals surface area contributed by atoms with Gasteiger partial charge in [0.2, 0.25) is 0 Å². The standard InChI is InChI=1S/C75H146O17P2/c1-6-10-13-16-19-22-25-28-31-32-35-38-41-44-51-56-61-74(79)91-70(64-85-72(77)58-53-48-42-39-36-33-29-26-23-20-17-14-11-7-2)66-89-93(81,82)87-62-69(76)63-88-94(83,84)90-67-71(65-86-73(78)59-54-49-46-45-47-52-57-68(5)9-4)92-75(80)60-55-50-43-40-37-34-30-27-24-21-18-15-12-8-3/h68-71,76H,6-67H2,1-5H3,(H,81,82)(H,83,84)/t68?,69-,70-,71-/m1/s1. The van der Waals surface area contributed by atoms with E-state index in [0.29, 0.717) is 25.7 Å². The fourth-order valence-corrected chi connectivity index (χ4v) is 13.1. The molecule has 0 aliphatic heterocycles. The van der Waals surface area contributed by atoms with Crippen LogP contribution in [0.2, 0.25) is 0 Å². The molecule has 0 rings (SSSR count). The first-order valence-electron chi connectivity index (χ1n) is 39.2. The quantitative estimate of drug-likeness (QED) is 0.0222. The van der Waals surface area contributed by atoms with E-state index in [1.165, 1.54) is 212 Å². The molecule has 0 aliphatic carbocycles. The van der Waals surface area contributed by atoms with Crippen LogP contribution < -0.4 is 0 Å². The number of carbonyl (C=O) groups is 4. The lowest BCUT2D eigenvalue weighted by atomic mass is 10.00. The Balaban J connectivity index is 5.25. The van der Waals surface area contributed by atoms with Crippen LogP contribution in [-0.4, -0.2) is 96.7 Å². The molecule has 3 unspecified atom stereocenters. The molecule has 0 spiro atoms. The van der Waals surface area contributed by atoms with Gasteiger partial charge in [0.15, 0.2) is 12.2 Å². The molecule has 0 aromatic heterocycles. The molecule has 0 aromatic rings. The number of phosphoric ester groups is 2. The molecular weight excluding hydrogens is 1230 g/mol. The van der Waals surface area contributed by atoms with E-state index >= 15 is 0 Å². The van der Waals surface area contributed by atoms with E-state index in [2.05, 4.69) is 34.6 Å². The first-order chi connectivity index (χ1) is 45.6. The number of rotatable bonds is 75. The van der Waals surface area contributed by atoms with Gasteiger partial charge in [0, 0.05) is 25.7 Å². The number of esters is 4. The first kappa shape index (κ1) is 92.1. The second-order valence-corrected chi connectivity index (χ2v) is 30.2. The predicted octanol–water partition coefficient (Wildman–Crippen LogP) is 22.1. The van der Waals surface area contributed by atoms with Crippen LogP contribution in [0.15, 0.2) is 0 Å². The smallest absolute Gasteiger partial charge is 0.462 e. The van der Waals surface area contributed by atoms with E-state index in [4.69, 9.17) is 37.0 Å². The lowest BCUT2D eigenvalue weighted by molar-refractivity contribution is -0.161. The van der Waals surface area contributed by atoms with Crippen molar-refractivity contribution in [3.05, 3.63) is 0 Å². The van der Waals surface area contributed by atoms with E-state index in [1.807, 2.05) is 0 Å². The largest absolute Gasteiger partial charge is 0.472 e. The zero-order valence-corrected chi connectivity index (χ0v) is 62.9. The molecule has 17 nitrogen and oxygen atoms in total. The summed E-state index contributed by atoms with van der Waals surface area (Å²) >= 11 is 0. The predicted molar refractivity (Wildman–Crippen MR) is 382 cm³/mol. The molecule has 0 radical (unpaired) electrons. The van der Waals surface area contributed by atoms with Crippen LogP contribution in [0.1, 0.15) is 394 Å². The lowest BCUT2D eigenvalue weighted by Crippen LogP contribution is -2.30. The maximum atomic E-state index is 13.1. The van der Waals surface area contributed by atoms with E-state index < -0.39 is 97.5 Å². The molecule has 0 saturated heterocycles. The third-order valence-corrected chi connectivity index (χ3v) is 19.8. The van der Waals surface area contributed by atoms with Crippen molar-refractivity contribution in [3.63, 3.8) is 0 Å². The van der Waals surface area contributed by atoms with Gasteiger partial charge in [0.05, 0.1) is 26.4 Å². The number of aliphatic hydroxyl groups is 1. The van der Waals surface area contributed by atoms with E-state index in [0.717, 1.165) is 102 Å². The molecule has 94 heavy (non-hydrogen) atoms. The molecule has 0 aromatic carbocycles. The fourth-order valence-electron chi connectivity index (χ4n) is 11.5. The summed E-state index contributed by atoms with van der Waals surface area (Å²) in [7, 11) is -9.91. The molecule has 3 N–H and O–H groups in total. The van der Waals surface area contributed by atoms with E-state index in [9.17, 15) is 43.2 Å². The first-order valence-corrected chi connectivity index (χ1v) is 42.2. The Hall–Kier alpha value is -1.94. The van der Waals surface area contributed by atoms with Gasteiger partial charge in [0.1, 0.15) is 19.3 Å². The van der Waals surface area contributed by atoms with Gasteiger partial charge in [-0.2, -0.15) is 0 Å². The zero-order chi connectivity index (χ0) is 69.1. The minimum Gasteiger partial charge on any atom is -0.462 e. The Bertz CT molecular complexity index is 1810. The molecule has 558 valence electrons. The number of hydrogen-bond donors (Lipinski definition) is 3. The van der Waals surface area contributed by atoms with Crippen LogP contribution in [0, 0.1) is 5.92 Å². The van der Waals surface area contributed by atoms with Crippen LogP contribution >= 0.6 is 15.6 Å². The van der Waals surface area contributed by atoms with Crippen molar-refractivity contribution < 1.29 is 80.2 Å². The highest BCUT2D eigenvalue weighted by molar-refractivity contribution is 7.47. The van der Waals surface area contributed by atoms with Gasteiger partial charge in [-0.05, 0) is 31.6 Å². The van der Waals surface area contributed by atoms with Crippen molar-refractivity contribution in [3.8, 4) is 0 Å². The van der Waals surface area contributed by atoms with Crippen molar-refractivity contribution in [2.45, 2.75) is 412 Å². The summed E-state index contributed by atoms with van der Waals surface area (Å²) in [6, 6.07) is 0. The van der Waals surface area contributed by atoms with E-state index in [1.54, 1.807) is 0 Å². The number of aliphatic hydroxyl groups excluding tert-OH is 1. The van der Waals surface area contributed by atoms with Crippen molar-refractivity contribution in [2.24, 2.45) is 5.92 Å². The van der Waals surface area contributed by atoms with Gasteiger partial charge >= 0.3 is 39.5 Å². The maximum absolute atomic E-state index is 13.1. The molecule has 0 aliphatic rings. The zero-order valence-electron chi connectivity index (χ0n) is 61.1. The van der Waals surface area contributed by atoms with Crippen molar-refractivity contribution in [1.29, 1.82) is 0 Å². The SMILES string of the molecule is CCCCCCCCCCCCCCCCCCC(=O)O[C@H](COC(=O)CCCCCCCCCCCCCCCC)COP(=O)(O)OC[C@@H](O)COP(=O)(O)OC[C@@H](COC(=O)CCCCCCCCC(C)CC)OC(=O)CCCCCCCCCCCCCCCC. The Morgan fingerprint density at radius 3 is 0.755 bits per heavy atom. The van der Waals surface area contributed by atoms with Gasteiger partial charge in [0.25, 0.3) is 0 Å². The monoisotopic (exact) mass is 1380 g/mol. The van der Waals surface area contributed by atoms with Crippen molar-refractivity contribution in [2.75, 3.05) is 39.6 Å². The normalized spacial score (nSPS) is 14.3. The Morgan fingerprint density at radius 1 is 0.298 bits per heavy atom. The molecule has 6 atom stereocenters. The van der Waals surface area contributed by atoms with Crippen LogP contribution in [-0.2, 0) is 65.4 Å². The molecule has 0 heterocycles. The minimum atomic E-state index is -4.96. The van der Waals surface area contributed by atoms with Gasteiger partial charge in [-0.25, -0.2) is 9.13 Å². The average Bonchev–Trinajstić information content (AvgIpc) is 2.03. The molecule has 0 amide bonds. The summed E-state index contributed by atoms with van der Waals surface area (Å²) in [5.74, 6) is -1.38. The average molecular weight is 1380 g/mol. The highest BCUT2D eigenvalue weighted by Crippen LogP contribution is 2.45. The van der Waals surface area contributed by atoms with Crippen molar-refractivity contribution in [1.82, 2.24) is 0 Å². The fraction of sp³-hybridized carbons (Fsp3) is 0.947. The summed E-state index contributed by atoms with van der Waals surface area (Å²) in [6.07, 6.45) is 56.7. The molecule has 0 fully saturated rings.